The SMILES string of the molecule is CCc1ccc(Nc2nnc(SCC(=O)OC(C)(C)C)s2)cc1. The van der Waals surface area contributed by atoms with Gasteiger partial charge in [-0.15, -0.1) is 10.2 Å². The fourth-order valence-corrected chi connectivity index (χ4v) is 3.30. The van der Waals surface area contributed by atoms with E-state index in [0.717, 1.165) is 16.4 Å². The van der Waals surface area contributed by atoms with Crippen LogP contribution in [0.15, 0.2) is 28.6 Å². The lowest BCUT2D eigenvalue weighted by molar-refractivity contribution is -0.151. The highest BCUT2D eigenvalue weighted by atomic mass is 32.2. The van der Waals surface area contributed by atoms with Gasteiger partial charge in [0.25, 0.3) is 0 Å². The highest BCUT2D eigenvalue weighted by molar-refractivity contribution is 8.01. The summed E-state index contributed by atoms with van der Waals surface area (Å²) in [6.45, 7) is 7.69. The van der Waals surface area contributed by atoms with E-state index in [1.165, 1.54) is 28.7 Å². The summed E-state index contributed by atoms with van der Waals surface area (Å²) in [5.74, 6) is -0.0146. The topological polar surface area (TPSA) is 64.1 Å². The average molecular weight is 351 g/mol. The number of rotatable bonds is 6. The Morgan fingerprint density at radius 3 is 2.57 bits per heavy atom. The smallest absolute Gasteiger partial charge is 0.316 e. The zero-order valence-corrected chi connectivity index (χ0v) is 15.4. The van der Waals surface area contributed by atoms with Gasteiger partial charge in [0.05, 0.1) is 5.75 Å². The Kier molecular flexibility index (Phi) is 6.01. The number of aromatic nitrogens is 2. The van der Waals surface area contributed by atoms with E-state index in [2.05, 4.69) is 34.6 Å². The van der Waals surface area contributed by atoms with Crippen molar-refractivity contribution >= 4 is 39.9 Å². The van der Waals surface area contributed by atoms with Crippen LogP contribution in [-0.2, 0) is 16.0 Å². The van der Waals surface area contributed by atoms with Gasteiger partial charge in [0.1, 0.15) is 5.60 Å². The first-order valence-corrected chi connectivity index (χ1v) is 9.20. The summed E-state index contributed by atoms with van der Waals surface area (Å²) in [6.07, 6.45) is 1.02. The number of ether oxygens (including phenoxy) is 1. The molecule has 0 radical (unpaired) electrons. The molecule has 1 N–H and O–H groups in total. The Morgan fingerprint density at radius 2 is 1.96 bits per heavy atom. The zero-order valence-electron chi connectivity index (χ0n) is 13.8. The maximum Gasteiger partial charge on any atom is 0.316 e. The number of hydrogen-bond acceptors (Lipinski definition) is 7. The summed E-state index contributed by atoms with van der Waals surface area (Å²) in [6, 6.07) is 8.21. The number of nitrogens with zero attached hydrogens (tertiary/aromatic N) is 2. The van der Waals surface area contributed by atoms with Crippen LogP contribution >= 0.6 is 23.1 Å². The minimum absolute atomic E-state index is 0.233. The molecule has 0 fully saturated rings. The second kappa shape index (κ2) is 7.79. The fraction of sp³-hybridized carbons (Fsp3) is 0.438. The largest absolute Gasteiger partial charge is 0.459 e. The van der Waals surface area contributed by atoms with E-state index >= 15 is 0 Å². The molecule has 0 saturated heterocycles. The normalized spacial score (nSPS) is 11.3. The van der Waals surface area contributed by atoms with Gasteiger partial charge in [-0.2, -0.15) is 0 Å². The van der Waals surface area contributed by atoms with Crippen LogP contribution in [0.2, 0.25) is 0 Å². The zero-order chi connectivity index (χ0) is 16.9. The summed E-state index contributed by atoms with van der Waals surface area (Å²) < 4.78 is 6.00. The fourth-order valence-electron chi connectivity index (χ4n) is 1.76. The molecule has 0 amide bonds. The van der Waals surface area contributed by atoms with Crippen molar-refractivity contribution in [1.82, 2.24) is 10.2 Å². The number of benzene rings is 1. The molecule has 0 unspecified atom stereocenters. The van der Waals surface area contributed by atoms with E-state index in [1.54, 1.807) is 0 Å². The monoisotopic (exact) mass is 351 g/mol. The molecule has 7 heteroatoms. The predicted octanol–water partition coefficient (Wildman–Crippen LogP) is 4.28. The van der Waals surface area contributed by atoms with Gasteiger partial charge >= 0.3 is 5.97 Å². The highest BCUT2D eigenvalue weighted by Crippen LogP contribution is 2.28. The molecule has 2 rings (SSSR count). The van der Waals surface area contributed by atoms with Crippen LogP contribution < -0.4 is 5.32 Å². The molecule has 0 aliphatic heterocycles. The summed E-state index contributed by atoms with van der Waals surface area (Å²) in [4.78, 5) is 11.7. The molecule has 124 valence electrons. The third kappa shape index (κ3) is 6.19. The van der Waals surface area contributed by atoms with E-state index in [-0.39, 0.29) is 11.7 Å². The molecule has 0 saturated carbocycles. The molecule has 1 aromatic carbocycles. The highest BCUT2D eigenvalue weighted by Gasteiger charge is 2.17. The maximum absolute atomic E-state index is 11.7. The average Bonchev–Trinajstić information content (AvgIpc) is 2.92. The van der Waals surface area contributed by atoms with Crippen LogP contribution in [0.5, 0.6) is 0 Å². The summed E-state index contributed by atoms with van der Waals surface area (Å²) >= 11 is 2.76. The lowest BCUT2D eigenvalue weighted by atomic mass is 10.1. The van der Waals surface area contributed by atoms with E-state index in [9.17, 15) is 4.79 Å². The van der Waals surface area contributed by atoms with E-state index in [1.807, 2.05) is 32.9 Å². The Hall–Kier alpha value is -1.60. The quantitative estimate of drug-likeness (QED) is 0.619. The number of nitrogens with one attached hydrogen (secondary N) is 1. The standard InChI is InChI=1S/C16H21N3O2S2/c1-5-11-6-8-12(9-7-11)17-14-18-19-15(23-14)22-10-13(20)21-16(2,3)4/h6-9H,5,10H2,1-4H3,(H,17,18). The summed E-state index contributed by atoms with van der Waals surface area (Å²) in [7, 11) is 0. The van der Waals surface area contributed by atoms with Crippen LogP contribution in [0.25, 0.3) is 0 Å². The third-order valence-electron chi connectivity index (χ3n) is 2.75. The first kappa shape index (κ1) is 17.7. The van der Waals surface area contributed by atoms with Crippen molar-refractivity contribution in [3.63, 3.8) is 0 Å². The number of thioether (sulfide) groups is 1. The molecule has 5 nitrogen and oxygen atoms in total. The minimum Gasteiger partial charge on any atom is -0.459 e. The number of carbonyl (C=O) groups excluding carboxylic acids is 1. The van der Waals surface area contributed by atoms with Crippen LogP contribution in [0, 0.1) is 0 Å². The Labute approximate surface area is 144 Å². The second-order valence-electron chi connectivity index (χ2n) is 5.92. The van der Waals surface area contributed by atoms with E-state index in [4.69, 9.17) is 4.74 Å². The number of hydrogen-bond donors (Lipinski definition) is 1. The molecule has 0 aliphatic carbocycles. The Bertz CT molecular complexity index is 648. The summed E-state index contributed by atoms with van der Waals surface area (Å²) in [5, 5.41) is 12.1. The number of carbonyl (C=O) groups is 1. The van der Waals surface area contributed by atoms with Crippen molar-refractivity contribution in [2.75, 3.05) is 11.1 Å². The first-order valence-electron chi connectivity index (χ1n) is 7.40. The van der Waals surface area contributed by atoms with Gasteiger partial charge in [-0.05, 0) is 44.9 Å². The molecule has 1 aromatic heterocycles. The van der Waals surface area contributed by atoms with Gasteiger partial charge in [0, 0.05) is 5.69 Å². The number of aryl methyl sites for hydroxylation is 1. The van der Waals surface area contributed by atoms with Crippen LogP contribution in [0.4, 0.5) is 10.8 Å². The van der Waals surface area contributed by atoms with Crippen molar-refractivity contribution in [3.05, 3.63) is 29.8 Å². The van der Waals surface area contributed by atoms with Gasteiger partial charge in [-0.25, -0.2) is 0 Å². The number of anilines is 2. The third-order valence-corrected chi connectivity index (χ3v) is 4.70. The van der Waals surface area contributed by atoms with Crippen molar-refractivity contribution in [1.29, 1.82) is 0 Å². The molecule has 0 atom stereocenters. The molecular formula is C16H21N3O2S2. The predicted molar refractivity (Wildman–Crippen MR) is 95.6 cm³/mol. The van der Waals surface area contributed by atoms with Gasteiger partial charge in [-0.3, -0.25) is 4.79 Å². The van der Waals surface area contributed by atoms with Crippen molar-refractivity contribution in [3.8, 4) is 0 Å². The minimum atomic E-state index is -0.462. The van der Waals surface area contributed by atoms with Crippen LogP contribution in [0.3, 0.4) is 0 Å². The molecule has 0 spiro atoms. The molecule has 23 heavy (non-hydrogen) atoms. The summed E-state index contributed by atoms with van der Waals surface area (Å²) in [5.41, 5.74) is 1.80. The van der Waals surface area contributed by atoms with Crippen molar-refractivity contribution < 1.29 is 9.53 Å². The lowest BCUT2D eigenvalue weighted by Crippen LogP contribution is -2.24. The Morgan fingerprint density at radius 1 is 1.26 bits per heavy atom. The maximum atomic E-state index is 11.7. The number of esters is 1. The van der Waals surface area contributed by atoms with E-state index < -0.39 is 5.60 Å². The molecule has 1 heterocycles. The van der Waals surface area contributed by atoms with Crippen molar-refractivity contribution in [2.24, 2.45) is 0 Å². The lowest BCUT2D eigenvalue weighted by Gasteiger charge is -2.18. The van der Waals surface area contributed by atoms with Gasteiger partial charge < -0.3 is 10.1 Å². The van der Waals surface area contributed by atoms with Gasteiger partial charge in [0.15, 0.2) is 4.34 Å². The van der Waals surface area contributed by atoms with Gasteiger partial charge in [0.2, 0.25) is 5.13 Å². The second-order valence-corrected chi connectivity index (χ2v) is 8.12. The van der Waals surface area contributed by atoms with Gasteiger partial charge in [-0.1, -0.05) is 42.2 Å². The molecule has 2 aromatic rings. The van der Waals surface area contributed by atoms with Crippen molar-refractivity contribution in [2.45, 2.75) is 44.1 Å². The van der Waals surface area contributed by atoms with Crippen LogP contribution in [0.1, 0.15) is 33.3 Å². The Balaban J connectivity index is 1.86. The molecule has 0 aliphatic rings. The molecule has 0 bridgehead atoms. The van der Waals surface area contributed by atoms with Crippen LogP contribution in [-0.4, -0.2) is 27.5 Å². The molecular weight excluding hydrogens is 330 g/mol. The first-order chi connectivity index (χ1) is 10.9. The van der Waals surface area contributed by atoms with E-state index in [0.29, 0.717) is 5.13 Å².